The summed E-state index contributed by atoms with van der Waals surface area (Å²) in [7, 11) is 2.19. The Morgan fingerprint density at radius 2 is 2.12 bits per heavy atom. The van der Waals surface area contributed by atoms with Gasteiger partial charge in [-0.2, -0.15) is 0 Å². The number of hydrogen-bond acceptors (Lipinski definition) is 3. The first-order valence-electron chi connectivity index (χ1n) is 7.08. The molecule has 0 radical (unpaired) electrons. The Bertz CT molecular complexity index is 200. The van der Waals surface area contributed by atoms with Crippen LogP contribution in [-0.2, 0) is 4.74 Å². The lowest BCUT2D eigenvalue weighted by Gasteiger charge is -2.29. The largest absolute Gasteiger partial charge is 0.377 e. The molecule has 3 heteroatoms. The fourth-order valence-electron chi connectivity index (χ4n) is 2.10. The third-order valence-electron chi connectivity index (χ3n) is 3.77. The van der Waals surface area contributed by atoms with E-state index in [0.29, 0.717) is 6.10 Å². The van der Waals surface area contributed by atoms with Gasteiger partial charge in [0, 0.05) is 31.8 Å². The van der Waals surface area contributed by atoms with E-state index in [1.165, 1.54) is 25.7 Å². The Morgan fingerprint density at radius 1 is 1.35 bits per heavy atom. The normalized spacial score (nSPS) is 22.1. The molecule has 0 aliphatic carbocycles. The Labute approximate surface area is 107 Å². The van der Waals surface area contributed by atoms with Gasteiger partial charge in [-0.05, 0) is 46.6 Å². The van der Waals surface area contributed by atoms with Crippen LogP contribution in [0.5, 0.6) is 0 Å². The van der Waals surface area contributed by atoms with Crippen LogP contribution in [0.4, 0.5) is 0 Å². The van der Waals surface area contributed by atoms with E-state index < -0.39 is 0 Å². The van der Waals surface area contributed by atoms with Gasteiger partial charge in [0.1, 0.15) is 0 Å². The van der Waals surface area contributed by atoms with E-state index in [2.05, 4.69) is 38.0 Å². The smallest absolute Gasteiger partial charge is 0.0701 e. The maximum Gasteiger partial charge on any atom is 0.0701 e. The lowest BCUT2D eigenvalue weighted by atomic mass is 10.0. The van der Waals surface area contributed by atoms with E-state index in [-0.39, 0.29) is 5.54 Å². The van der Waals surface area contributed by atoms with Crippen molar-refractivity contribution >= 4 is 0 Å². The molecule has 1 saturated heterocycles. The van der Waals surface area contributed by atoms with Crippen LogP contribution >= 0.6 is 0 Å². The highest BCUT2D eigenvalue weighted by molar-refractivity contribution is 4.76. The number of ether oxygens (including phenoxy) is 1. The molecule has 0 spiro atoms. The molecule has 0 saturated carbocycles. The van der Waals surface area contributed by atoms with Crippen molar-refractivity contribution in [2.45, 2.75) is 58.1 Å². The van der Waals surface area contributed by atoms with Crippen molar-refractivity contribution in [3.63, 3.8) is 0 Å². The fraction of sp³-hybridized carbons (Fsp3) is 1.00. The van der Waals surface area contributed by atoms with Crippen LogP contribution in [0.2, 0.25) is 0 Å². The summed E-state index contributed by atoms with van der Waals surface area (Å²) in [5.41, 5.74) is 0.266. The van der Waals surface area contributed by atoms with Gasteiger partial charge in [0.15, 0.2) is 0 Å². The van der Waals surface area contributed by atoms with E-state index in [1.54, 1.807) is 0 Å². The van der Waals surface area contributed by atoms with Gasteiger partial charge in [0.25, 0.3) is 0 Å². The van der Waals surface area contributed by atoms with Crippen LogP contribution in [0.3, 0.4) is 0 Å². The van der Waals surface area contributed by atoms with Crippen LogP contribution in [0.15, 0.2) is 0 Å². The zero-order valence-electron chi connectivity index (χ0n) is 12.1. The molecule has 1 aliphatic rings. The van der Waals surface area contributed by atoms with Gasteiger partial charge < -0.3 is 15.0 Å². The van der Waals surface area contributed by atoms with Gasteiger partial charge in [0.05, 0.1) is 6.10 Å². The second-order valence-corrected chi connectivity index (χ2v) is 5.92. The minimum atomic E-state index is 0.266. The summed E-state index contributed by atoms with van der Waals surface area (Å²) in [6, 6.07) is 0. The van der Waals surface area contributed by atoms with Gasteiger partial charge >= 0.3 is 0 Å². The van der Waals surface area contributed by atoms with Crippen molar-refractivity contribution < 1.29 is 4.74 Å². The highest BCUT2D eigenvalue weighted by atomic mass is 16.5. The van der Waals surface area contributed by atoms with Gasteiger partial charge in [0.2, 0.25) is 0 Å². The number of rotatable bonds is 7. The third kappa shape index (κ3) is 6.39. The van der Waals surface area contributed by atoms with Crippen molar-refractivity contribution in [3.8, 4) is 0 Å². The number of nitrogens with one attached hydrogen (secondary N) is 1. The first-order chi connectivity index (χ1) is 8.03. The van der Waals surface area contributed by atoms with Crippen molar-refractivity contribution in [1.82, 2.24) is 10.2 Å². The second kappa shape index (κ2) is 7.34. The molecule has 3 nitrogen and oxygen atoms in total. The molecule has 102 valence electrons. The van der Waals surface area contributed by atoms with E-state index in [1.807, 2.05) is 0 Å². The Kier molecular flexibility index (Phi) is 6.45. The number of hydrogen-bond donors (Lipinski definition) is 1. The third-order valence-corrected chi connectivity index (χ3v) is 3.77. The van der Waals surface area contributed by atoms with Crippen LogP contribution < -0.4 is 5.32 Å². The standard InChI is InChI=1S/C14H30N2O/c1-5-14(2,3)15-9-10-16(4)12-13-8-6-7-11-17-13/h13,15H,5-12H2,1-4H3. The Hall–Kier alpha value is -0.120. The first kappa shape index (κ1) is 14.9. The predicted molar refractivity (Wildman–Crippen MR) is 73.5 cm³/mol. The maximum atomic E-state index is 5.75. The molecule has 0 aromatic heterocycles. The molecule has 1 heterocycles. The summed E-state index contributed by atoms with van der Waals surface area (Å²) < 4.78 is 5.75. The summed E-state index contributed by atoms with van der Waals surface area (Å²) in [5.74, 6) is 0. The molecule has 1 rings (SSSR count). The Morgan fingerprint density at radius 3 is 2.71 bits per heavy atom. The fourth-order valence-corrected chi connectivity index (χ4v) is 2.10. The zero-order chi connectivity index (χ0) is 12.7. The average molecular weight is 242 g/mol. The lowest BCUT2D eigenvalue weighted by Crippen LogP contribution is -2.44. The summed E-state index contributed by atoms with van der Waals surface area (Å²) in [6.45, 7) is 10.9. The predicted octanol–water partition coefficient (Wildman–Crippen LogP) is 2.27. The van der Waals surface area contributed by atoms with Crippen LogP contribution in [0.25, 0.3) is 0 Å². The van der Waals surface area contributed by atoms with Gasteiger partial charge in [-0.25, -0.2) is 0 Å². The van der Waals surface area contributed by atoms with Crippen LogP contribution in [0, 0.1) is 0 Å². The van der Waals surface area contributed by atoms with E-state index >= 15 is 0 Å². The number of nitrogens with zero attached hydrogens (tertiary/aromatic N) is 1. The van der Waals surface area contributed by atoms with Gasteiger partial charge in [-0.1, -0.05) is 6.92 Å². The molecule has 0 aromatic rings. The van der Waals surface area contributed by atoms with Crippen molar-refractivity contribution in [2.75, 3.05) is 33.3 Å². The van der Waals surface area contributed by atoms with Crippen molar-refractivity contribution in [1.29, 1.82) is 0 Å². The first-order valence-corrected chi connectivity index (χ1v) is 7.08. The lowest BCUT2D eigenvalue weighted by molar-refractivity contribution is -0.00141. The highest BCUT2D eigenvalue weighted by Gasteiger charge is 2.17. The second-order valence-electron chi connectivity index (χ2n) is 5.92. The molecule has 1 atom stereocenters. The van der Waals surface area contributed by atoms with E-state index in [9.17, 15) is 0 Å². The summed E-state index contributed by atoms with van der Waals surface area (Å²) >= 11 is 0. The molecule has 1 fully saturated rings. The zero-order valence-corrected chi connectivity index (χ0v) is 12.1. The van der Waals surface area contributed by atoms with Crippen LogP contribution in [0.1, 0.15) is 46.5 Å². The van der Waals surface area contributed by atoms with Crippen molar-refractivity contribution in [3.05, 3.63) is 0 Å². The minimum absolute atomic E-state index is 0.266. The maximum absolute atomic E-state index is 5.75. The molecular weight excluding hydrogens is 212 g/mol. The van der Waals surface area contributed by atoms with E-state index in [0.717, 1.165) is 26.2 Å². The molecule has 17 heavy (non-hydrogen) atoms. The topological polar surface area (TPSA) is 24.5 Å². The van der Waals surface area contributed by atoms with Gasteiger partial charge in [-0.15, -0.1) is 0 Å². The van der Waals surface area contributed by atoms with E-state index in [4.69, 9.17) is 4.74 Å². The molecule has 1 N–H and O–H groups in total. The molecule has 1 unspecified atom stereocenters. The quantitative estimate of drug-likeness (QED) is 0.741. The molecule has 0 bridgehead atoms. The van der Waals surface area contributed by atoms with Crippen molar-refractivity contribution in [2.24, 2.45) is 0 Å². The Balaban J connectivity index is 2.10. The van der Waals surface area contributed by atoms with Gasteiger partial charge in [-0.3, -0.25) is 0 Å². The number of likely N-dealkylation sites (N-methyl/N-ethyl adjacent to an activating group) is 1. The molecular formula is C14H30N2O. The molecule has 0 amide bonds. The summed E-state index contributed by atoms with van der Waals surface area (Å²) in [5, 5.41) is 3.59. The average Bonchev–Trinajstić information content (AvgIpc) is 2.30. The summed E-state index contributed by atoms with van der Waals surface area (Å²) in [4.78, 5) is 2.38. The molecule has 1 aliphatic heterocycles. The monoisotopic (exact) mass is 242 g/mol. The highest BCUT2D eigenvalue weighted by Crippen LogP contribution is 2.13. The SMILES string of the molecule is CCC(C)(C)NCCN(C)CC1CCCCO1. The van der Waals surface area contributed by atoms with Crippen LogP contribution in [-0.4, -0.2) is 49.8 Å². The summed E-state index contributed by atoms with van der Waals surface area (Å²) in [6.07, 6.45) is 5.44. The molecule has 0 aromatic carbocycles. The minimum Gasteiger partial charge on any atom is -0.377 e.